The lowest BCUT2D eigenvalue weighted by molar-refractivity contribution is -0.144. The Bertz CT molecular complexity index is 474. The summed E-state index contributed by atoms with van der Waals surface area (Å²) in [5, 5.41) is 7.03. The summed E-state index contributed by atoms with van der Waals surface area (Å²) in [4.78, 5) is 15.4. The third kappa shape index (κ3) is 6.49. The van der Waals surface area contributed by atoms with Gasteiger partial charge in [-0.3, -0.25) is 9.79 Å². The lowest BCUT2D eigenvalue weighted by Crippen LogP contribution is -2.41. The molecule has 1 aromatic carbocycles. The molecule has 0 aromatic heterocycles. The molecule has 21 heavy (non-hydrogen) atoms. The zero-order valence-corrected chi connectivity index (χ0v) is 13.4. The van der Waals surface area contributed by atoms with Gasteiger partial charge in [-0.15, -0.1) is 0 Å². The van der Waals surface area contributed by atoms with Crippen LogP contribution in [0.3, 0.4) is 0 Å². The topological polar surface area (TPSA) is 62.7 Å². The predicted molar refractivity (Wildman–Crippen MR) is 85.7 cm³/mol. The molecule has 6 heteroatoms. The molecule has 0 aliphatic heterocycles. The van der Waals surface area contributed by atoms with Crippen LogP contribution >= 0.6 is 11.6 Å². The molecule has 0 fully saturated rings. The second-order valence-electron chi connectivity index (χ2n) is 4.68. The summed E-state index contributed by atoms with van der Waals surface area (Å²) in [5.74, 6) is 0.212. The lowest BCUT2D eigenvalue weighted by atomic mass is 10.1. The lowest BCUT2D eigenvalue weighted by Gasteiger charge is -2.14. The van der Waals surface area contributed by atoms with Gasteiger partial charge in [-0.2, -0.15) is 0 Å². The second kappa shape index (κ2) is 9.23. The fraction of sp³-hybridized carbons (Fsp3) is 0.467. The number of ether oxygens (including phenoxy) is 1. The van der Waals surface area contributed by atoms with E-state index in [2.05, 4.69) is 20.4 Å². The number of rotatable bonds is 6. The van der Waals surface area contributed by atoms with Gasteiger partial charge in [-0.05, 0) is 24.1 Å². The van der Waals surface area contributed by atoms with Crippen LogP contribution in [-0.4, -0.2) is 39.2 Å². The van der Waals surface area contributed by atoms with Crippen molar-refractivity contribution in [1.29, 1.82) is 0 Å². The van der Waals surface area contributed by atoms with Crippen molar-refractivity contribution in [2.75, 3.05) is 27.2 Å². The first-order valence-corrected chi connectivity index (χ1v) is 7.21. The number of hydrogen-bond donors (Lipinski definition) is 2. The fourth-order valence-electron chi connectivity index (χ4n) is 1.73. The number of halogens is 1. The van der Waals surface area contributed by atoms with Crippen LogP contribution in [0.1, 0.15) is 12.5 Å². The Morgan fingerprint density at radius 1 is 1.33 bits per heavy atom. The SMILES string of the molecule is CN=C(NCCc1ccc(Cl)cc1)NCC(C)C(=O)OC. The molecule has 0 saturated carbocycles. The van der Waals surface area contributed by atoms with Crippen LogP contribution in [0.15, 0.2) is 29.3 Å². The number of hydrogen-bond acceptors (Lipinski definition) is 3. The van der Waals surface area contributed by atoms with Crippen molar-refractivity contribution in [3.05, 3.63) is 34.9 Å². The van der Waals surface area contributed by atoms with Crippen molar-refractivity contribution >= 4 is 23.5 Å². The minimum absolute atomic E-state index is 0.218. The van der Waals surface area contributed by atoms with Crippen molar-refractivity contribution in [3.8, 4) is 0 Å². The maximum absolute atomic E-state index is 11.3. The maximum Gasteiger partial charge on any atom is 0.310 e. The van der Waals surface area contributed by atoms with Gasteiger partial charge in [0.2, 0.25) is 0 Å². The number of aliphatic imine (C=N–C) groups is 1. The Hall–Kier alpha value is -1.75. The van der Waals surface area contributed by atoms with Crippen molar-refractivity contribution in [2.45, 2.75) is 13.3 Å². The van der Waals surface area contributed by atoms with Gasteiger partial charge in [-0.25, -0.2) is 0 Å². The number of nitrogens with one attached hydrogen (secondary N) is 2. The molecular formula is C15H22ClN3O2. The Balaban J connectivity index is 2.31. The number of nitrogens with zero attached hydrogens (tertiary/aromatic N) is 1. The number of carbonyl (C=O) groups excluding carboxylic acids is 1. The van der Waals surface area contributed by atoms with Gasteiger partial charge in [0, 0.05) is 25.2 Å². The van der Waals surface area contributed by atoms with Gasteiger partial charge in [-0.1, -0.05) is 30.7 Å². The zero-order chi connectivity index (χ0) is 15.7. The zero-order valence-electron chi connectivity index (χ0n) is 12.6. The van der Waals surface area contributed by atoms with Gasteiger partial charge < -0.3 is 15.4 Å². The van der Waals surface area contributed by atoms with E-state index in [1.165, 1.54) is 12.7 Å². The Morgan fingerprint density at radius 3 is 2.57 bits per heavy atom. The highest BCUT2D eigenvalue weighted by atomic mass is 35.5. The Kier molecular flexibility index (Phi) is 7.61. The van der Waals surface area contributed by atoms with Gasteiger partial charge in [0.05, 0.1) is 13.0 Å². The average molecular weight is 312 g/mol. The number of guanidine groups is 1. The van der Waals surface area contributed by atoms with Gasteiger partial charge in [0.25, 0.3) is 0 Å². The van der Waals surface area contributed by atoms with Crippen LogP contribution in [0.5, 0.6) is 0 Å². The first-order valence-electron chi connectivity index (χ1n) is 6.83. The Labute approximate surface area is 130 Å². The van der Waals surface area contributed by atoms with E-state index in [4.69, 9.17) is 11.6 Å². The summed E-state index contributed by atoms with van der Waals surface area (Å²) in [5.41, 5.74) is 1.20. The molecule has 2 N–H and O–H groups in total. The van der Waals surface area contributed by atoms with Crippen LogP contribution in [0.4, 0.5) is 0 Å². The molecule has 0 saturated heterocycles. The normalized spacial score (nSPS) is 12.7. The maximum atomic E-state index is 11.3. The van der Waals surface area contributed by atoms with Crippen LogP contribution in [0, 0.1) is 5.92 Å². The van der Waals surface area contributed by atoms with E-state index >= 15 is 0 Å². The molecule has 0 amide bonds. The van der Waals surface area contributed by atoms with E-state index in [1.54, 1.807) is 14.0 Å². The van der Waals surface area contributed by atoms with Crippen LogP contribution in [0.25, 0.3) is 0 Å². The molecule has 0 aliphatic carbocycles. The van der Waals surface area contributed by atoms with E-state index in [0.29, 0.717) is 12.5 Å². The highest BCUT2D eigenvalue weighted by Crippen LogP contribution is 2.09. The third-order valence-corrected chi connectivity index (χ3v) is 3.27. The average Bonchev–Trinajstić information content (AvgIpc) is 2.51. The van der Waals surface area contributed by atoms with E-state index in [1.807, 2.05) is 24.3 Å². The van der Waals surface area contributed by atoms with Crippen LogP contribution in [-0.2, 0) is 16.0 Å². The van der Waals surface area contributed by atoms with Gasteiger partial charge in [0.15, 0.2) is 5.96 Å². The second-order valence-corrected chi connectivity index (χ2v) is 5.12. The smallest absolute Gasteiger partial charge is 0.310 e. The highest BCUT2D eigenvalue weighted by molar-refractivity contribution is 6.30. The van der Waals surface area contributed by atoms with E-state index in [-0.39, 0.29) is 11.9 Å². The molecule has 0 aliphatic rings. The van der Waals surface area contributed by atoms with E-state index in [0.717, 1.165) is 18.0 Å². The molecule has 1 rings (SSSR count). The molecular weight excluding hydrogens is 290 g/mol. The van der Waals surface area contributed by atoms with E-state index in [9.17, 15) is 4.79 Å². The molecule has 116 valence electrons. The van der Waals surface area contributed by atoms with Crippen LogP contribution in [0.2, 0.25) is 5.02 Å². The van der Waals surface area contributed by atoms with Crippen LogP contribution < -0.4 is 10.6 Å². The number of carbonyl (C=O) groups is 1. The highest BCUT2D eigenvalue weighted by Gasteiger charge is 2.13. The molecule has 0 bridgehead atoms. The van der Waals surface area contributed by atoms with Crippen molar-refractivity contribution in [2.24, 2.45) is 10.9 Å². The predicted octanol–water partition coefficient (Wildman–Crippen LogP) is 1.86. The summed E-state index contributed by atoms with van der Waals surface area (Å²) in [6, 6.07) is 7.75. The van der Waals surface area contributed by atoms with E-state index < -0.39 is 0 Å². The molecule has 0 spiro atoms. The molecule has 0 radical (unpaired) electrons. The van der Waals surface area contributed by atoms with Crippen molar-refractivity contribution < 1.29 is 9.53 Å². The molecule has 1 atom stereocenters. The molecule has 1 aromatic rings. The quantitative estimate of drug-likeness (QED) is 0.478. The largest absolute Gasteiger partial charge is 0.469 e. The van der Waals surface area contributed by atoms with Crippen molar-refractivity contribution in [1.82, 2.24) is 10.6 Å². The first-order chi connectivity index (χ1) is 10.1. The summed E-state index contributed by atoms with van der Waals surface area (Å²) >= 11 is 5.84. The summed E-state index contributed by atoms with van der Waals surface area (Å²) < 4.78 is 4.68. The number of methoxy groups -OCH3 is 1. The standard InChI is InChI=1S/C15H22ClN3O2/c1-11(14(20)21-3)10-19-15(17-2)18-9-8-12-4-6-13(16)7-5-12/h4-7,11H,8-10H2,1-3H3,(H2,17,18,19). The summed E-state index contributed by atoms with van der Waals surface area (Å²) in [7, 11) is 3.08. The van der Waals surface area contributed by atoms with Crippen molar-refractivity contribution in [3.63, 3.8) is 0 Å². The summed E-state index contributed by atoms with van der Waals surface area (Å²) in [6.45, 7) is 3.03. The summed E-state index contributed by atoms with van der Waals surface area (Å²) in [6.07, 6.45) is 0.866. The monoisotopic (exact) mass is 311 g/mol. The Morgan fingerprint density at radius 2 is 2.00 bits per heavy atom. The van der Waals surface area contributed by atoms with Gasteiger partial charge >= 0.3 is 5.97 Å². The minimum atomic E-state index is -0.237. The number of esters is 1. The fourth-order valence-corrected chi connectivity index (χ4v) is 1.86. The molecule has 0 heterocycles. The molecule has 1 unspecified atom stereocenters. The third-order valence-electron chi connectivity index (χ3n) is 3.02. The minimum Gasteiger partial charge on any atom is -0.469 e. The van der Waals surface area contributed by atoms with Gasteiger partial charge in [0.1, 0.15) is 0 Å². The first kappa shape index (κ1) is 17.3. The molecule has 5 nitrogen and oxygen atoms in total. The number of benzene rings is 1.